The molecule has 0 bridgehead atoms. The van der Waals surface area contributed by atoms with Crippen LogP contribution in [-0.4, -0.2) is 11.1 Å². The molecule has 1 atom stereocenters. The number of ether oxygens (including phenoxy) is 1. The van der Waals surface area contributed by atoms with Gasteiger partial charge in [0.1, 0.15) is 0 Å². The maximum Gasteiger partial charge on any atom is 0.213 e. The van der Waals surface area contributed by atoms with Crippen molar-refractivity contribution in [2.75, 3.05) is 0 Å². The lowest BCUT2D eigenvalue weighted by Crippen LogP contribution is -2.15. The minimum Gasteiger partial charge on any atom is -0.475 e. The summed E-state index contributed by atoms with van der Waals surface area (Å²) < 4.78 is 5.70. The zero-order valence-corrected chi connectivity index (χ0v) is 10.8. The maximum atomic E-state index is 5.92. The van der Waals surface area contributed by atoms with E-state index in [4.69, 9.17) is 22.1 Å². The third-order valence-corrected chi connectivity index (χ3v) is 2.60. The van der Waals surface area contributed by atoms with Gasteiger partial charge in [-0.25, -0.2) is 4.98 Å². The van der Waals surface area contributed by atoms with Gasteiger partial charge in [0.25, 0.3) is 0 Å². The summed E-state index contributed by atoms with van der Waals surface area (Å²) in [6.07, 6.45) is 2.74. The number of aromatic nitrogens is 1. The highest BCUT2D eigenvalue weighted by Crippen LogP contribution is 2.20. The van der Waals surface area contributed by atoms with E-state index < -0.39 is 0 Å². The first-order valence-corrected chi connectivity index (χ1v) is 5.91. The molecule has 1 aromatic rings. The summed E-state index contributed by atoms with van der Waals surface area (Å²) in [6, 6.07) is 1.80. The molecule has 0 fully saturated rings. The van der Waals surface area contributed by atoms with Crippen LogP contribution in [-0.2, 0) is 6.54 Å². The number of nitrogens with zero attached hydrogens (tertiary/aromatic N) is 1. The minimum absolute atomic E-state index is 0.152. The molecule has 3 nitrogen and oxygen atoms in total. The first kappa shape index (κ1) is 13.3. The van der Waals surface area contributed by atoms with Gasteiger partial charge in [0.15, 0.2) is 0 Å². The van der Waals surface area contributed by atoms with Crippen LogP contribution in [0.1, 0.15) is 32.8 Å². The van der Waals surface area contributed by atoms with Crippen LogP contribution < -0.4 is 10.5 Å². The summed E-state index contributed by atoms with van der Waals surface area (Å²) in [5, 5.41) is 0.589. The molecule has 1 unspecified atom stereocenters. The van der Waals surface area contributed by atoms with E-state index in [1.165, 1.54) is 0 Å². The highest BCUT2D eigenvalue weighted by Gasteiger charge is 2.09. The predicted molar refractivity (Wildman–Crippen MR) is 66.7 cm³/mol. The maximum absolute atomic E-state index is 5.92. The molecule has 1 rings (SSSR count). The van der Waals surface area contributed by atoms with Gasteiger partial charge >= 0.3 is 0 Å². The van der Waals surface area contributed by atoms with Crippen LogP contribution >= 0.6 is 11.6 Å². The van der Waals surface area contributed by atoms with Crippen LogP contribution in [0.3, 0.4) is 0 Å². The van der Waals surface area contributed by atoms with Crippen molar-refractivity contribution in [3.05, 3.63) is 22.8 Å². The molecule has 0 aliphatic rings. The van der Waals surface area contributed by atoms with Gasteiger partial charge in [-0.2, -0.15) is 0 Å². The molecular formula is C12H19ClN2O. The molecule has 2 N–H and O–H groups in total. The summed E-state index contributed by atoms with van der Waals surface area (Å²) in [4.78, 5) is 4.12. The molecule has 0 aliphatic heterocycles. The lowest BCUT2D eigenvalue weighted by atomic mass is 10.1. The van der Waals surface area contributed by atoms with E-state index in [-0.39, 0.29) is 6.10 Å². The zero-order valence-electron chi connectivity index (χ0n) is 10.0. The Morgan fingerprint density at radius 3 is 2.69 bits per heavy atom. The molecule has 0 amide bonds. The molecule has 0 saturated heterocycles. The van der Waals surface area contributed by atoms with Crippen LogP contribution in [0, 0.1) is 5.92 Å². The lowest BCUT2D eigenvalue weighted by molar-refractivity contribution is 0.185. The van der Waals surface area contributed by atoms with E-state index in [0.29, 0.717) is 23.4 Å². The van der Waals surface area contributed by atoms with Gasteiger partial charge in [-0.05, 0) is 24.8 Å². The first-order valence-electron chi connectivity index (χ1n) is 5.54. The van der Waals surface area contributed by atoms with E-state index in [2.05, 4.69) is 18.8 Å². The van der Waals surface area contributed by atoms with Gasteiger partial charge in [-0.15, -0.1) is 0 Å². The summed E-state index contributed by atoms with van der Waals surface area (Å²) in [5.41, 5.74) is 6.43. The van der Waals surface area contributed by atoms with Crippen molar-refractivity contribution < 1.29 is 4.74 Å². The van der Waals surface area contributed by atoms with Gasteiger partial charge in [0, 0.05) is 18.8 Å². The van der Waals surface area contributed by atoms with Crippen molar-refractivity contribution in [2.24, 2.45) is 11.7 Å². The Labute approximate surface area is 102 Å². The third kappa shape index (κ3) is 3.99. The highest BCUT2D eigenvalue weighted by atomic mass is 35.5. The van der Waals surface area contributed by atoms with Crippen LogP contribution in [0.2, 0.25) is 5.02 Å². The molecule has 0 aliphatic carbocycles. The van der Waals surface area contributed by atoms with Gasteiger partial charge in [0.2, 0.25) is 5.88 Å². The van der Waals surface area contributed by atoms with Crippen molar-refractivity contribution in [1.29, 1.82) is 0 Å². The van der Waals surface area contributed by atoms with E-state index in [9.17, 15) is 0 Å². The number of rotatable bonds is 5. The Kier molecular flexibility index (Phi) is 5.03. The number of hydrogen-bond acceptors (Lipinski definition) is 3. The monoisotopic (exact) mass is 242 g/mol. The van der Waals surface area contributed by atoms with Crippen molar-refractivity contribution in [1.82, 2.24) is 4.98 Å². The third-order valence-electron chi connectivity index (χ3n) is 2.25. The average molecular weight is 243 g/mol. The second-order valence-corrected chi connectivity index (χ2v) is 4.78. The van der Waals surface area contributed by atoms with E-state index in [0.717, 1.165) is 12.0 Å². The molecule has 90 valence electrons. The quantitative estimate of drug-likeness (QED) is 0.864. The van der Waals surface area contributed by atoms with Crippen molar-refractivity contribution in [3.8, 4) is 5.88 Å². The Morgan fingerprint density at radius 2 is 2.12 bits per heavy atom. The topological polar surface area (TPSA) is 48.1 Å². The fourth-order valence-electron chi connectivity index (χ4n) is 1.60. The number of halogens is 1. The SMILES string of the molecule is CC(C)CC(C)Oc1cc(CN)c(Cl)cn1. The molecule has 4 heteroatoms. The molecular weight excluding hydrogens is 224 g/mol. The summed E-state index contributed by atoms with van der Waals surface area (Å²) >= 11 is 5.92. The van der Waals surface area contributed by atoms with Crippen LogP contribution in [0.4, 0.5) is 0 Å². The molecule has 1 aromatic heterocycles. The first-order chi connectivity index (χ1) is 7.52. The van der Waals surface area contributed by atoms with E-state index in [1.807, 2.05) is 6.92 Å². The van der Waals surface area contributed by atoms with Gasteiger partial charge in [-0.3, -0.25) is 0 Å². The van der Waals surface area contributed by atoms with Crippen molar-refractivity contribution >= 4 is 11.6 Å². The number of hydrogen-bond donors (Lipinski definition) is 1. The summed E-state index contributed by atoms with van der Waals surface area (Å²) in [6.45, 7) is 6.77. The van der Waals surface area contributed by atoms with Gasteiger partial charge < -0.3 is 10.5 Å². The zero-order chi connectivity index (χ0) is 12.1. The Morgan fingerprint density at radius 1 is 1.44 bits per heavy atom. The van der Waals surface area contributed by atoms with E-state index in [1.54, 1.807) is 12.3 Å². The number of nitrogens with two attached hydrogens (primary N) is 1. The van der Waals surface area contributed by atoms with Gasteiger partial charge in [-0.1, -0.05) is 25.4 Å². The molecule has 0 spiro atoms. The highest BCUT2D eigenvalue weighted by molar-refractivity contribution is 6.31. The van der Waals surface area contributed by atoms with Crippen LogP contribution in [0.25, 0.3) is 0 Å². The lowest BCUT2D eigenvalue weighted by Gasteiger charge is -2.16. The molecule has 1 heterocycles. The predicted octanol–water partition coefficient (Wildman–Crippen LogP) is 3.01. The summed E-state index contributed by atoms with van der Waals surface area (Å²) in [7, 11) is 0. The molecule has 0 radical (unpaired) electrons. The molecule has 16 heavy (non-hydrogen) atoms. The Bertz CT molecular complexity index is 342. The van der Waals surface area contributed by atoms with Gasteiger partial charge in [0.05, 0.1) is 11.1 Å². The average Bonchev–Trinajstić information content (AvgIpc) is 2.19. The number of pyridine rings is 1. The fourth-order valence-corrected chi connectivity index (χ4v) is 1.78. The Hall–Kier alpha value is -0.800. The standard InChI is InChI=1S/C12H19ClN2O/c1-8(2)4-9(3)16-12-5-10(6-14)11(13)7-15-12/h5,7-9H,4,6,14H2,1-3H3. The van der Waals surface area contributed by atoms with Crippen molar-refractivity contribution in [3.63, 3.8) is 0 Å². The van der Waals surface area contributed by atoms with Crippen LogP contribution in [0.5, 0.6) is 5.88 Å². The fraction of sp³-hybridized carbons (Fsp3) is 0.583. The largest absolute Gasteiger partial charge is 0.475 e. The molecule has 0 aromatic carbocycles. The van der Waals surface area contributed by atoms with E-state index >= 15 is 0 Å². The minimum atomic E-state index is 0.152. The Balaban J connectivity index is 2.67. The van der Waals surface area contributed by atoms with Crippen LogP contribution in [0.15, 0.2) is 12.3 Å². The molecule has 0 saturated carbocycles. The summed E-state index contributed by atoms with van der Waals surface area (Å²) in [5.74, 6) is 1.20. The smallest absolute Gasteiger partial charge is 0.213 e. The normalized spacial score (nSPS) is 12.9. The second-order valence-electron chi connectivity index (χ2n) is 4.38. The second kappa shape index (κ2) is 6.06. The van der Waals surface area contributed by atoms with Crippen molar-refractivity contribution in [2.45, 2.75) is 39.8 Å².